The van der Waals surface area contributed by atoms with Crippen molar-refractivity contribution in [2.75, 3.05) is 13.2 Å². The van der Waals surface area contributed by atoms with Crippen molar-refractivity contribution in [2.24, 2.45) is 5.41 Å². The number of halogens is 2. The summed E-state index contributed by atoms with van der Waals surface area (Å²) < 4.78 is 43.4. The molecule has 1 aromatic carbocycles. The SMILES string of the molecule is CC(C)(C)OC(=O)COCC12CCC(OC(=O)c3cc(F)cc(F)c3)(CC1)CC2. The van der Waals surface area contributed by atoms with Crippen molar-refractivity contribution in [3.05, 3.63) is 35.4 Å². The Kier molecular flexibility index (Phi) is 5.99. The van der Waals surface area contributed by atoms with Gasteiger partial charge in [-0.05, 0) is 76.8 Å². The van der Waals surface area contributed by atoms with Gasteiger partial charge >= 0.3 is 11.9 Å². The molecular formula is C22H28F2O5. The Hall–Kier alpha value is -2.02. The fourth-order valence-electron chi connectivity index (χ4n) is 4.25. The maximum Gasteiger partial charge on any atom is 0.338 e. The van der Waals surface area contributed by atoms with Crippen LogP contribution in [0.25, 0.3) is 0 Å². The van der Waals surface area contributed by atoms with Gasteiger partial charge in [0.1, 0.15) is 29.4 Å². The number of fused-ring (bicyclic) bond motifs is 3. The van der Waals surface area contributed by atoms with Gasteiger partial charge in [-0.2, -0.15) is 0 Å². The van der Waals surface area contributed by atoms with E-state index in [2.05, 4.69) is 0 Å². The van der Waals surface area contributed by atoms with Crippen LogP contribution in [0.5, 0.6) is 0 Å². The molecule has 0 unspecified atom stereocenters. The third-order valence-corrected chi connectivity index (χ3v) is 5.79. The van der Waals surface area contributed by atoms with E-state index in [1.807, 2.05) is 20.8 Å². The Bertz CT molecular complexity index is 739. The van der Waals surface area contributed by atoms with E-state index < -0.39 is 28.8 Å². The monoisotopic (exact) mass is 410 g/mol. The summed E-state index contributed by atoms with van der Waals surface area (Å²) in [5.74, 6) is -2.68. The Labute approximate surface area is 169 Å². The van der Waals surface area contributed by atoms with Crippen LogP contribution in [-0.4, -0.2) is 36.4 Å². The summed E-state index contributed by atoms with van der Waals surface area (Å²) in [6.07, 6.45) is 4.45. The predicted octanol–water partition coefficient (Wildman–Crippen LogP) is 4.57. The van der Waals surface area contributed by atoms with Gasteiger partial charge in [0.05, 0.1) is 12.2 Å². The second-order valence-electron chi connectivity index (χ2n) is 9.31. The molecule has 0 aromatic heterocycles. The molecule has 5 nitrogen and oxygen atoms in total. The number of carbonyl (C=O) groups is 2. The predicted molar refractivity (Wildman–Crippen MR) is 101 cm³/mol. The van der Waals surface area contributed by atoms with Crippen molar-refractivity contribution in [2.45, 2.75) is 70.5 Å². The van der Waals surface area contributed by atoms with Gasteiger partial charge in [0.25, 0.3) is 0 Å². The zero-order chi connectivity index (χ0) is 21.3. The Morgan fingerprint density at radius 3 is 2.03 bits per heavy atom. The molecule has 3 aliphatic rings. The summed E-state index contributed by atoms with van der Waals surface area (Å²) in [7, 11) is 0. The van der Waals surface area contributed by atoms with E-state index in [4.69, 9.17) is 14.2 Å². The first-order chi connectivity index (χ1) is 13.5. The second-order valence-corrected chi connectivity index (χ2v) is 9.31. The van der Waals surface area contributed by atoms with Crippen LogP contribution in [0.2, 0.25) is 0 Å². The molecular weight excluding hydrogens is 382 g/mol. The van der Waals surface area contributed by atoms with Crippen molar-refractivity contribution in [1.29, 1.82) is 0 Å². The van der Waals surface area contributed by atoms with E-state index in [0.29, 0.717) is 25.9 Å². The first-order valence-corrected chi connectivity index (χ1v) is 9.99. The van der Waals surface area contributed by atoms with Crippen LogP contribution < -0.4 is 0 Å². The van der Waals surface area contributed by atoms with E-state index in [-0.39, 0.29) is 23.6 Å². The zero-order valence-electron chi connectivity index (χ0n) is 17.2. The first kappa shape index (κ1) is 21.7. The largest absolute Gasteiger partial charge is 0.458 e. The van der Waals surface area contributed by atoms with Crippen LogP contribution in [0.3, 0.4) is 0 Å². The fourth-order valence-corrected chi connectivity index (χ4v) is 4.25. The van der Waals surface area contributed by atoms with Gasteiger partial charge < -0.3 is 14.2 Å². The van der Waals surface area contributed by atoms with Crippen molar-refractivity contribution in [3.63, 3.8) is 0 Å². The standard InChI is InChI=1S/C22H28F2O5/c1-20(2,3)28-18(25)13-27-14-21-4-7-22(8-5-21,9-6-21)29-19(26)15-10-16(23)12-17(24)11-15/h10-12H,4-9,13-14H2,1-3H3. The normalized spacial score (nSPS) is 26.2. The molecule has 0 atom stereocenters. The van der Waals surface area contributed by atoms with Crippen molar-refractivity contribution in [3.8, 4) is 0 Å². The maximum absolute atomic E-state index is 13.4. The van der Waals surface area contributed by atoms with Gasteiger partial charge in [-0.25, -0.2) is 18.4 Å². The topological polar surface area (TPSA) is 61.8 Å². The zero-order valence-corrected chi connectivity index (χ0v) is 17.2. The molecule has 29 heavy (non-hydrogen) atoms. The minimum Gasteiger partial charge on any atom is -0.458 e. The third-order valence-electron chi connectivity index (χ3n) is 5.79. The third kappa shape index (κ3) is 5.53. The van der Waals surface area contributed by atoms with Crippen LogP contribution in [0.15, 0.2) is 18.2 Å². The minimum atomic E-state index is -0.803. The summed E-state index contributed by atoms with van der Waals surface area (Å²) in [5, 5.41) is 0. The number of rotatable bonds is 6. The molecule has 3 fully saturated rings. The molecule has 4 rings (SSSR count). The molecule has 0 spiro atoms. The number of ether oxygens (including phenoxy) is 3. The van der Waals surface area contributed by atoms with Crippen LogP contribution >= 0.6 is 0 Å². The Balaban J connectivity index is 1.51. The number of carbonyl (C=O) groups excluding carboxylic acids is 2. The highest BCUT2D eigenvalue weighted by molar-refractivity contribution is 5.89. The molecule has 0 radical (unpaired) electrons. The number of hydrogen-bond donors (Lipinski definition) is 0. The van der Waals surface area contributed by atoms with Crippen LogP contribution in [0.1, 0.15) is 69.7 Å². The lowest BCUT2D eigenvalue weighted by molar-refractivity contribution is -0.165. The number of esters is 2. The molecule has 7 heteroatoms. The molecule has 0 N–H and O–H groups in total. The van der Waals surface area contributed by atoms with Gasteiger partial charge in [-0.3, -0.25) is 0 Å². The van der Waals surface area contributed by atoms with Crippen LogP contribution in [0, 0.1) is 17.0 Å². The van der Waals surface area contributed by atoms with Crippen molar-refractivity contribution in [1.82, 2.24) is 0 Å². The van der Waals surface area contributed by atoms with E-state index >= 15 is 0 Å². The van der Waals surface area contributed by atoms with E-state index in [1.54, 1.807) is 0 Å². The highest BCUT2D eigenvalue weighted by Crippen LogP contribution is 2.54. The molecule has 0 saturated heterocycles. The van der Waals surface area contributed by atoms with Crippen LogP contribution in [0.4, 0.5) is 8.78 Å². The molecule has 2 bridgehead atoms. The van der Waals surface area contributed by atoms with Crippen LogP contribution in [-0.2, 0) is 19.0 Å². The van der Waals surface area contributed by atoms with Gasteiger partial charge in [0.2, 0.25) is 0 Å². The molecule has 0 amide bonds. The summed E-state index contributed by atoms with van der Waals surface area (Å²) in [6.45, 7) is 5.82. The van der Waals surface area contributed by atoms with Crippen molar-refractivity contribution >= 4 is 11.9 Å². The lowest BCUT2D eigenvalue weighted by Crippen LogP contribution is -2.50. The lowest BCUT2D eigenvalue weighted by Gasteiger charge is -2.52. The van der Waals surface area contributed by atoms with Gasteiger partial charge in [0, 0.05) is 6.07 Å². The summed E-state index contributed by atoms with van der Waals surface area (Å²) >= 11 is 0. The summed E-state index contributed by atoms with van der Waals surface area (Å²) in [4.78, 5) is 24.2. The Morgan fingerprint density at radius 2 is 1.52 bits per heavy atom. The number of benzene rings is 1. The Morgan fingerprint density at radius 1 is 0.966 bits per heavy atom. The van der Waals surface area contributed by atoms with E-state index in [0.717, 1.165) is 37.5 Å². The number of hydrogen-bond acceptors (Lipinski definition) is 5. The molecule has 1 aromatic rings. The van der Waals surface area contributed by atoms with Crippen molar-refractivity contribution < 1.29 is 32.6 Å². The fraction of sp³-hybridized carbons (Fsp3) is 0.636. The quantitative estimate of drug-likeness (QED) is 0.643. The minimum absolute atomic E-state index is 0.0267. The average molecular weight is 410 g/mol. The molecule has 0 aliphatic heterocycles. The lowest BCUT2D eigenvalue weighted by atomic mass is 9.59. The molecule has 0 heterocycles. The van der Waals surface area contributed by atoms with Gasteiger partial charge in [-0.1, -0.05) is 0 Å². The summed E-state index contributed by atoms with van der Waals surface area (Å²) in [6, 6.07) is 2.70. The average Bonchev–Trinajstić information content (AvgIpc) is 2.61. The summed E-state index contributed by atoms with van der Waals surface area (Å²) in [5.41, 5.74) is -1.27. The highest BCUT2D eigenvalue weighted by atomic mass is 19.1. The molecule has 3 aliphatic carbocycles. The smallest absolute Gasteiger partial charge is 0.338 e. The van der Waals surface area contributed by atoms with E-state index in [1.165, 1.54) is 0 Å². The van der Waals surface area contributed by atoms with E-state index in [9.17, 15) is 18.4 Å². The highest BCUT2D eigenvalue weighted by Gasteiger charge is 2.51. The van der Waals surface area contributed by atoms with Gasteiger partial charge in [-0.15, -0.1) is 0 Å². The maximum atomic E-state index is 13.4. The second kappa shape index (κ2) is 8.01. The molecule has 160 valence electrons. The van der Waals surface area contributed by atoms with Gasteiger partial charge in [0.15, 0.2) is 0 Å². The molecule has 3 saturated carbocycles. The first-order valence-electron chi connectivity index (χ1n) is 9.99.